The van der Waals surface area contributed by atoms with Crippen molar-refractivity contribution in [1.29, 1.82) is 0 Å². The molecular formula is C27H23N5O3S. The van der Waals surface area contributed by atoms with Gasteiger partial charge in [-0.3, -0.25) is 19.7 Å². The topological polar surface area (TPSA) is 104 Å². The van der Waals surface area contributed by atoms with Gasteiger partial charge in [0.2, 0.25) is 0 Å². The number of hydrogen-bond donors (Lipinski definition) is 2. The Morgan fingerprint density at radius 1 is 0.972 bits per heavy atom. The van der Waals surface area contributed by atoms with Crippen molar-refractivity contribution >= 4 is 28.8 Å². The van der Waals surface area contributed by atoms with Crippen molar-refractivity contribution in [2.24, 2.45) is 0 Å². The summed E-state index contributed by atoms with van der Waals surface area (Å²) in [7, 11) is 1.30. The number of carbonyl (C=O) groups is 1. The molecule has 2 aromatic carbocycles. The van der Waals surface area contributed by atoms with Gasteiger partial charge in [-0.2, -0.15) is 0 Å². The third-order valence-corrected chi connectivity index (χ3v) is 6.21. The second-order valence-electron chi connectivity index (χ2n) is 8.14. The highest BCUT2D eigenvalue weighted by molar-refractivity contribution is 7.96. The molecule has 8 nitrogen and oxygen atoms in total. The summed E-state index contributed by atoms with van der Waals surface area (Å²) in [4.78, 5) is 21.4. The smallest absolute Gasteiger partial charge is 0.277 e. The van der Waals surface area contributed by atoms with Crippen LogP contribution in [-0.4, -0.2) is 44.6 Å². The lowest BCUT2D eigenvalue weighted by Gasteiger charge is -2.12. The maximum absolute atomic E-state index is 12.6. The van der Waals surface area contributed by atoms with E-state index in [0.717, 1.165) is 33.7 Å². The second-order valence-corrected chi connectivity index (χ2v) is 8.83. The minimum Gasteiger partial charge on any atom is -0.359 e. The number of rotatable bonds is 7. The van der Waals surface area contributed by atoms with E-state index in [9.17, 15) is 10.0 Å². The van der Waals surface area contributed by atoms with Gasteiger partial charge in [0.15, 0.2) is 5.76 Å². The Labute approximate surface area is 212 Å². The predicted octanol–water partition coefficient (Wildman–Crippen LogP) is 5.45. The SMILES string of the molecule is CSNCc1cc(-c2ccc(-c3ccc(-c4cc(C(=O)N(C)O)c5cnccc5n4)cc3)cc2)no1. The first-order valence-corrected chi connectivity index (χ1v) is 12.4. The van der Waals surface area contributed by atoms with Gasteiger partial charge in [0.05, 0.1) is 23.3 Å². The molecule has 0 fully saturated rings. The van der Waals surface area contributed by atoms with Gasteiger partial charge in [-0.25, -0.2) is 10.0 Å². The number of nitrogens with zero attached hydrogens (tertiary/aromatic N) is 4. The number of carbonyl (C=O) groups excluding carboxylic acids is 1. The highest BCUT2D eigenvalue weighted by Gasteiger charge is 2.17. The molecule has 180 valence electrons. The van der Waals surface area contributed by atoms with Gasteiger partial charge < -0.3 is 4.52 Å². The molecule has 0 spiro atoms. The zero-order valence-corrected chi connectivity index (χ0v) is 20.5. The van der Waals surface area contributed by atoms with Crippen LogP contribution in [-0.2, 0) is 6.54 Å². The van der Waals surface area contributed by atoms with Crippen LogP contribution in [0.1, 0.15) is 16.1 Å². The molecule has 9 heteroatoms. The van der Waals surface area contributed by atoms with Crippen LogP contribution in [0.25, 0.3) is 44.5 Å². The van der Waals surface area contributed by atoms with E-state index in [-0.39, 0.29) is 0 Å². The van der Waals surface area contributed by atoms with E-state index in [1.807, 2.05) is 60.9 Å². The van der Waals surface area contributed by atoms with Gasteiger partial charge in [0, 0.05) is 42.0 Å². The fourth-order valence-corrected chi connectivity index (χ4v) is 4.20. The van der Waals surface area contributed by atoms with E-state index >= 15 is 0 Å². The van der Waals surface area contributed by atoms with Crippen molar-refractivity contribution in [2.75, 3.05) is 13.3 Å². The summed E-state index contributed by atoms with van der Waals surface area (Å²) in [5, 5.41) is 15.0. The molecule has 0 bridgehead atoms. The average Bonchev–Trinajstić information content (AvgIpc) is 3.40. The molecule has 1 amide bonds. The minimum atomic E-state index is -0.520. The summed E-state index contributed by atoms with van der Waals surface area (Å²) in [6.07, 6.45) is 5.17. The highest BCUT2D eigenvalue weighted by Crippen LogP contribution is 2.29. The Bertz CT molecular complexity index is 1520. The molecule has 0 aliphatic carbocycles. The fourth-order valence-electron chi connectivity index (χ4n) is 3.91. The van der Waals surface area contributed by atoms with E-state index in [4.69, 9.17) is 9.51 Å². The number of nitrogens with one attached hydrogen (secondary N) is 1. The maximum Gasteiger partial charge on any atom is 0.277 e. The molecule has 36 heavy (non-hydrogen) atoms. The number of benzene rings is 2. The highest BCUT2D eigenvalue weighted by atomic mass is 32.2. The molecule has 2 N–H and O–H groups in total. The Balaban J connectivity index is 1.40. The Morgan fingerprint density at radius 2 is 1.61 bits per heavy atom. The molecule has 0 saturated carbocycles. The summed E-state index contributed by atoms with van der Waals surface area (Å²) >= 11 is 1.53. The van der Waals surface area contributed by atoms with E-state index in [2.05, 4.69) is 14.9 Å². The van der Waals surface area contributed by atoms with Crippen molar-refractivity contribution in [1.82, 2.24) is 24.9 Å². The maximum atomic E-state index is 12.6. The minimum absolute atomic E-state index is 0.341. The fraction of sp³-hybridized carbons (Fsp3) is 0.111. The van der Waals surface area contributed by atoms with Crippen molar-refractivity contribution in [3.8, 4) is 33.6 Å². The van der Waals surface area contributed by atoms with Crippen LogP contribution in [0, 0.1) is 0 Å². The molecule has 0 saturated heterocycles. The Hall–Kier alpha value is -4.05. The average molecular weight is 498 g/mol. The van der Waals surface area contributed by atoms with Crippen molar-refractivity contribution in [3.05, 3.63) is 90.4 Å². The normalized spacial score (nSPS) is 11.1. The van der Waals surface area contributed by atoms with Crippen molar-refractivity contribution in [2.45, 2.75) is 6.54 Å². The lowest BCUT2D eigenvalue weighted by molar-refractivity contribution is -0.0373. The summed E-state index contributed by atoms with van der Waals surface area (Å²) in [6, 6.07) is 21.5. The number of hydroxylamine groups is 2. The van der Waals surface area contributed by atoms with E-state index in [1.165, 1.54) is 19.0 Å². The molecule has 5 rings (SSSR count). The standard InChI is InChI=1S/C27H23N5O3S/c1-32(34)27(33)22-14-25(30-24-11-12-28-16-23(22)24)19-7-3-17(4-8-19)18-5-9-20(10-6-18)26-13-21(35-31-26)15-29-36-2/h3-14,16,29,34H,15H2,1-2H3. The number of aromatic nitrogens is 3. The summed E-state index contributed by atoms with van der Waals surface area (Å²) in [5.74, 6) is 0.265. The molecule has 0 radical (unpaired) electrons. The number of amides is 1. The van der Waals surface area contributed by atoms with Gasteiger partial charge >= 0.3 is 0 Å². The molecule has 5 aromatic rings. The Morgan fingerprint density at radius 3 is 2.25 bits per heavy atom. The lowest BCUT2D eigenvalue weighted by atomic mass is 9.99. The zero-order chi connectivity index (χ0) is 25.1. The molecule has 0 unspecified atom stereocenters. The van der Waals surface area contributed by atoms with Crippen LogP contribution in [0.15, 0.2) is 83.6 Å². The largest absolute Gasteiger partial charge is 0.359 e. The molecule has 3 aromatic heterocycles. The van der Waals surface area contributed by atoms with Crippen LogP contribution < -0.4 is 4.72 Å². The van der Waals surface area contributed by atoms with Crippen LogP contribution in [0.2, 0.25) is 0 Å². The quantitative estimate of drug-likeness (QED) is 0.174. The molecule has 0 atom stereocenters. The number of fused-ring (bicyclic) bond motifs is 1. The molecule has 0 aliphatic heterocycles. The molecule has 3 heterocycles. The molecule has 0 aliphatic rings. The molecular weight excluding hydrogens is 474 g/mol. The van der Waals surface area contributed by atoms with E-state index in [0.29, 0.717) is 33.8 Å². The second kappa shape index (κ2) is 10.3. The summed E-state index contributed by atoms with van der Waals surface area (Å²) in [6.45, 7) is 0.619. The first-order chi connectivity index (χ1) is 17.5. The van der Waals surface area contributed by atoms with Crippen molar-refractivity contribution < 1.29 is 14.5 Å². The summed E-state index contributed by atoms with van der Waals surface area (Å²) < 4.78 is 8.53. The van der Waals surface area contributed by atoms with Gasteiger partial charge in [-0.1, -0.05) is 65.6 Å². The van der Waals surface area contributed by atoms with E-state index < -0.39 is 5.91 Å². The van der Waals surface area contributed by atoms with Gasteiger partial charge in [0.25, 0.3) is 5.91 Å². The van der Waals surface area contributed by atoms with Crippen LogP contribution >= 0.6 is 11.9 Å². The van der Waals surface area contributed by atoms with Gasteiger partial charge in [-0.15, -0.1) is 0 Å². The van der Waals surface area contributed by atoms with E-state index in [1.54, 1.807) is 24.5 Å². The number of hydrogen-bond acceptors (Lipinski definition) is 8. The third kappa shape index (κ3) is 4.85. The zero-order valence-electron chi connectivity index (χ0n) is 19.7. The Kier molecular flexibility index (Phi) is 6.77. The summed E-state index contributed by atoms with van der Waals surface area (Å²) in [5.41, 5.74) is 6.36. The van der Waals surface area contributed by atoms with Gasteiger partial charge in [0.1, 0.15) is 5.69 Å². The van der Waals surface area contributed by atoms with Crippen LogP contribution in [0.3, 0.4) is 0 Å². The van der Waals surface area contributed by atoms with Crippen molar-refractivity contribution in [3.63, 3.8) is 0 Å². The van der Waals surface area contributed by atoms with Crippen LogP contribution in [0.4, 0.5) is 0 Å². The first kappa shape index (κ1) is 23.7. The first-order valence-electron chi connectivity index (χ1n) is 11.2. The third-order valence-electron chi connectivity index (χ3n) is 5.78. The lowest BCUT2D eigenvalue weighted by Crippen LogP contribution is -2.23. The number of pyridine rings is 2. The van der Waals surface area contributed by atoms with Crippen LogP contribution in [0.5, 0.6) is 0 Å². The van der Waals surface area contributed by atoms with Gasteiger partial charge in [-0.05, 0) is 29.5 Å². The monoisotopic (exact) mass is 497 g/mol. The predicted molar refractivity (Wildman–Crippen MR) is 140 cm³/mol.